The van der Waals surface area contributed by atoms with Crippen LogP contribution >= 0.6 is 0 Å². The van der Waals surface area contributed by atoms with E-state index < -0.39 is 0 Å². The molecule has 0 saturated heterocycles. The van der Waals surface area contributed by atoms with Crippen LogP contribution in [0.25, 0.3) is 0 Å². The van der Waals surface area contributed by atoms with Gasteiger partial charge in [0.1, 0.15) is 6.10 Å². The molecular formula is C14H24O2. The van der Waals surface area contributed by atoms with Crippen LogP contribution < -0.4 is 0 Å². The van der Waals surface area contributed by atoms with Crippen molar-refractivity contribution in [2.75, 3.05) is 0 Å². The average molecular weight is 224 g/mol. The van der Waals surface area contributed by atoms with Gasteiger partial charge in [-0.25, -0.2) is 4.79 Å². The molecule has 1 aliphatic rings. The lowest BCUT2D eigenvalue weighted by molar-refractivity contribution is -0.148. The highest BCUT2D eigenvalue weighted by atomic mass is 16.5. The molecule has 2 nitrogen and oxygen atoms in total. The second kappa shape index (κ2) is 6.72. The molecule has 3 unspecified atom stereocenters. The molecule has 1 fully saturated rings. The van der Waals surface area contributed by atoms with Gasteiger partial charge in [-0.3, -0.25) is 0 Å². The van der Waals surface area contributed by atoms with Crippen LogP contribution in [0.2, 0.25) is 0 Å². The van der Waals surface area contributed by atoms with Gasteiger partial charge in [0.2, 0.25) is 0 Å². The molecular weight excluding hydrogens is 200 g/mol. The highest BCUT2D eigenvalue weighted by Gasteiger charge is 2.30. The van der Waals surface area contributed by atoms with Crippen molar-refractivity contribution in [3.05, 3.63) is 12.7 Å². The minimum Gasteiger partial charge on any atom is -0.459 e. The monoisotopic (exact) mass is 224 g/mol. The number of ether oxygens (including phenoxy) is 1. The van der Waals surface area contributed by atoms with E-state index in [1.54, 1.807) is 0 Å². The Balaban J connectivity index is 2.49. The first-order chi connectivity index (χ1) is 7.67. The summed E-state index contributed by atoms with van der Waals surface area (Å²) in [6.45, 7) is 7.96. The van der Waals surface area contributed by atoms with E-state index in [-0.39, 0.29) is 12.1 Å². The Morgan fingerprint density at radius 2 is 2.25 bits per heavy atom. The maximum Gasteiger partial charge on any atom is 0.330 e. The van der Waals surface area contributed by atoms with E-state index in [1.165, 1.54) is 38.2 Å². The Morgan fingerprint density at radius 3 is 2.88 bits per heavy atom. The summed E-state index contributed by atoms with van der Waals surface area (Å²) in [4.78, 5) is 11.2. The molecule has 0 aromatic carbocycles. The Kier molecular flexibility index (Phi) is 5.58. The summed E-state index contributed by atoms with van der Waals surface area (Å²) < 4.78 is 5.44. The third-order valence-electron chi connectivity index (χ3n) is 3.54. The van der Waals surface area contributed by atoms with Crippen molar-refractivity contribution in [3.8, 4) is 0 Å². The molecule has 1 saturated carbocycles. The van der Waals surface area contributed by atoms with Crippen molar-refractivity contribution in [1.82, 2.24) is 0 Å². The van der Waals surface area contributed by atoms with Gasteiger partial charge in [0.15, 0.2) is 0 Å². The van der Waals surface area contributed by atoms with Crippen molar-refractivity contribution in [2.45, 2.75) is 58.5 Å². The first kappa shape index (κ1) is 13.3. The fourth-order valence-corrected chi connectivity index (χ4v) is 2.59. The molecule has 0 spiro atoms. The number of unbranched alkanes of at least 4 members (excludes halogenated alkanes) is 1. The third kappa shape index (κ3) is 3.99. The van der Waals surface area contributed by atoms with Gasteiger partial charge < -0.3 is 4.74 Å². The zero-order chi connectivity index (χ0) is 12.0. The number of carbonyl (C=O) groups excluding carboxylic acids is 1. The smallest absolute Gasteiger partial charge is 0.330 e. The average Bonchev–Trinajstić information content (AvgIpc) is 2.29. The van der Waals surface area contributed by atoms with Crippen LogP contribution in [0.15, 0.2) is 12.7 Å². The van der Waals surface area contributed by atoms with Gasteiger partial charge in [-0.05, 0) is 37.5 Å². The Labute approximate surface area is 99.1 Å². The van der Waals surface area contributed by atoms with Gasteiger partial charge in [-0.2, -0.15) is 0 Å². The zero-order valence-electron chi connectivity index (χ0n) is 10.6. The van der Waals surface area contributed by atoms with Gasteiger partial charge in [0, 0.05) is 6.08 Å². The van der Waals surface area contributed by atoms with Crippen LogP contribution in [-0.2, 0) is 9.53 Å². The molecule has 2 heteroatoms. The van der Waals surface area contributed by atoms with E-state index in [1.807, 2.05) is 0 Å². The third-order valence-corrected chi connectivity index (χ3v) is 3.54. The summed E-state index contributed by atoms with van der Waals surface area (Å²) >= 11 is 0. The summed E-state index contributed by atoms with van der Waals surface area (Å²) in [6.07, 6.45) is 8.45. The zero-order valence-corrected chi connectivity index (χ0v) is 10.6. The van der Waals surface area contributed by atoms with E-state index >= 15 is 0 Å². The molecule has 0 bridgehead atoms. The normalized spacial score (nSPS) is 29.8. The molecule has 0 N–H and O–H groups in total. The number of hydrogen-bond donors (Lipinski definition) is 0. The van der Waals surface area contributed by atoms with Gasteiger partial charge >= 0.3 is 5.97 Å². The number of hydrogen-bond acceptors (Lipinski definition) is 2. The Bertz CT molecular complexity index is 235. The molecule has 1 rings (SSSR count). The van der Waals surface area contributed by atoms with Gasteiger partial charge in [0.05, 0.1) is 0 Å². The van der Waals surface area contributed by atoms with Gasteiger partial charge in [0.25, 0.3) is 0 Å². The minimum atomic E-state index is -0.263. The molecule has 0 radical (unpaired) electrons. The Morgan fingerprint density at radius 1 is 1.50 bits per heavy atom. The molecule has 92 valence electrons. The fourth-order valence-electron chi connectivity index (χ4n) is 2.59. The van der Waals surface area contributed by atoms with Gasteiger partial charge in [-0.15, -0.1) is 0 Å². The highest BCUT2D eigenvalue weighted by molar-refractivity contribution is 5.81. The van der Waals surface area contributed by atoms with E-state index in [4.69, 9.17) is 4.74 Å². The van der Waals surface area contributed by atoms with Crippen LogP contribution in [0, 0.1) is 11.8 Å². The second-order valence-corrected chi connectivity index (χ2v) is 5.00. The summed E-state index contributed by atoms with van der Waals surface area (Å²) in [5.74, 6) is 1.08. The summed E-state index contributed by atoms with van der Waals surface area (Å²) in [6, 6.07) is 0. The SMILES string of the molecule is C=CC(=O)OC1CCC(C)CC1CCCC. The molecule has 0 amide bonds. The second-order valence-electron chi connectivity index (χ2n) is 5.00. The maximum atomic E-state index is 11.2. The first-order valence-electron chi connectivity index (χ1n) is 6.50. The predicted molar refractivity (Wildman–Crippen MR) is 66.1 cm³/mol. The van der Waals surface area contributed by atoms with Crippen molar-refractivity contribution in [3.63, 3.8) is 0 Å². The van der Waals surface area contributed by atoms with Crippen LogP contribution in [0.4, 0.5) is 0 Å². The predicted octanol–water partition coefficient (Wildman–Crippen LogP) is 3.71. The van der Waals surface area contributed by atoms with Crippen molar-refractivity contribution in [2.24, 2.45) is 11.8 Å². The Hall–Kier alpha value is -0.790. The molecule has 0 heterocycles. The maximum absolute atomic E-state index is 11.2. The first-order valence-corrected chi connectivity index (χ1v) is 6.50. The quantitative estimate of drug-likeness (QED) is 0.525. The minimum absolute atomic E-state index is 0.133. The lowest BCUT2D eigenvalue weighted by atomic mass is 9.78. The molecule has 16 heavy (non-hydrogen) atoms. The number of carbonyl (C=O) groups is 1. The summed E-state index contributed by atoms with van der Waals surface area (Å²) in [5, 5.41) is 0. The van der Waals surface area contributed by atoms with E-state index in [2.05, 4.69) is 20.4 Å². The van der Waals surface area contributed by atoms with E-state index in [0.29, 0.717) is 5.92 Å². The topological polar surface area (TPSA) is 26.3 Å². The lowest BCUT2D eigenvalue weighted by Crippen LogP contribution is -2.32. The number of esters is 1. The molecule has 0 aromatic rings. The molecule has 1 aliphatic carbocycles. The molecule has 0 aliphatic heterocycles. The lowest BCUT2D eigenvalue weighted by Gasteiger charge is -2.34. The standard InChI is InChI=1S/C14H24O2/c1-4-6-7-12-10-11(3)8-9-13(12)16-14(15)5-2/h5,11-13H,2,4,6-10H2,1,3H3. The van der Waals surface area contributed by atoms with Crippen LogP contribution in [0.1, 0.15) is 52.4 Å². The van der Waals surface area contributed by atoms with E-state index in [0.717, 1.165) is 12.3 Å². The molecule has 3 atom stereocenters. The molecule has 0 aromatic heterocycles. The van der Waals surface area contributed by atoms with Gasteiger partial charge in [-0.1, -0.05) is 33.3 Å². The van der Waals surface area contributed by atoms with Crippen LogP contribution in [0.5, 0.6) is 0 Å². The van der Waals surface area contributed by atoms with Crippen molar-refractivity contribution in [1.29, 1.82) is 0 Å². The summed E-state index contributed by atoms with van der Waals surface area (Å²) in [7, 11) is 0. The van der Waals surface area contributed by atoms with Crippen LogP contribution in [-0.4, -0.2) is 12.1 Å². The van der Waals surface area contributed by atoms with E-state index in [9.17, 15) is 4.79 Å². The fraction of sp³-hybridized carbons (Fsp3) is 0.786. The summed E-state index contributed by atoms with van der Waals surface area (Å²) in [5.41, 5.74) is 0. The largest absolute Gasteiger partial charge is 0.459 e. The van der Waals surface area contributed by atoms with Crippen molar-refractivity contribution < 1.29 is 9.53 Å². The highest BCUT2D eigenvalue weighted by Crippen LogP contribution is 2.34. The van der Waals surface area contributed by atoms with Crippen molar-refractivity contribution >= 4 is 5.97 Å². The van der Waals surface area contributed by atoms with Crippen LogP contribution in [0.3, 0.4) is 0 Å². The number of rotatable bonds is 5.